The SMILES string of the molecule is CC(C)(C)[Si](OCc1ccc2[nH]c(=S)[nH]c2c1)(c1ccccc1)c1ccccc1. The maximum Gasteiger partial charge on any atom is 0.261 e. The van der Waals surface area contributed by atoms with Gasteiger partial charge in [-0.05, 0) is 45.3 Å². The van der Waals surface area contributed by atoms with Crippen molar-refractivity contribution in [3.8, 4) is 0 Å². The molecule has 3 nitrogen and oxygen atoms in total. The quantitative estimate of drug-likeness (QED) is 0.341. The molecular formula is C24H26N2OSSi. The molecule has 0 radical (unpaired) electrons. The Balaban J connectivity index is 1.80. The highest BCUT2D eigenvalue weighted by Gasteiger charge is 2.50. The average molecular weight is 419 g/mol. The van der Waals surface area contributed by atoms with E-state index in [1.54, 1.807) is 0 Å². The van der Waals surface area contributed by atoms with Crippen molar-refractivity contribution < 1.29 is 4.43 Å². The largest absolute Gasteiger partial charge is 0.403 e. The lowest BCUT2D eigenvalue weighted by Gasteiger charge is -2.43. The summed E-state index contributed by atoms with van der Waals surface area (Å²) < 4.78 is 7.64. The Labute approximate surface area is 177 Å². The molecule has 1 heterocycles. The monoisotopic (exact) mass is 418 g/mol. The predicted octanol–water partition coefficient (Wildman–Crippen LogP) is 5.30. The summed E-state index contributed by atoms with van der Waals surface area (Å²) in [5.74, 6) is 0. The molecule has 2 N–H and O–H groups in total. The van der Waals surface area contributed by atoms with Crippen molar-refractivity contribution in [3.05, 3.63) is 89.2 Å². The first-order valence-electron chi connectivity index (χ1n) is 9.86. The van der Waals surface area contributed by atoms with Crippen LogP contribution in [0, 0.1) is 4.77 Å². The van der Waals surface area contributed by atoms with E-state index >= 15 is 0 Å². The zero-order chi connectivity index (χ0) is 20.5. The molecule has 0 aliphatic heterocycles. The highest BCUT2D eigenvalue weighted by atomic mass is 32.1. The number of benzene rings is 3. The van der Waals surface area contributed by atoms with Gasteiger partial charge in [-0.2, -0.15) is 0 Å². The summed E-state index contributed by atoms with van der Waals surface area (Å²) in [7, 11) is -2.53. The van der Waals surface area contributed by atoms with Crippen LogP contribution in [-0.4, -0.2) is 18.3 Å². The van der Waals surface area contributed by atoms with Gasteiger partial charge < -0.3 is 14.4 Å². The van der Waals surface area contributed by atoms with Gasteiger partial charge in [-0.1, -0.05) is 87.5 Å². The van der Waals surface area contributed by atoms with Gasteiger partial charge in [0.1, 0.15) is 0 Å². The molecule has 0 amide bonds. The molecule has 29 heavy (non-hydrogen) atoms. The van der Waals surface area contributed by atoms with E-state index in [-0.39, 0.29) is 5.04 Å². The fourth-order valence-electron chi connectivity index (χ4n) is 4.12. The van der Waals surface area contributed by atoms with Crippen LogP contribution in [0.25, 0.3) is 11.0 Å². The number of aromatic amines is 2. The van der Waals surface area contributed by atoms with Gasteiger partial charge in [0.15, 0.2) is 4.77 Å². The third-order valence-electron chi connectivity index (χ3n) is 5.45. The second kappa shape index (κ2) is 7.75. The number of fused-ring (bicyclic) bond motifs is 1. The van der Waals surface area contributed by atoms with Crippen LogP contribution in [-0.2, 0) is 11.0 Å². The Kier molecular flexibility index (Phi) is 5.30. The van der Waals surface area contributed by atoms with Crippen molar-refractivity contribution in [2.75, 3.05) is 0 Å². The first-order valence-corrected chi connectivity index (χ1v) is 12.2. The summed E-state index contributed by atoms with van der Waals surface area (Å²) in [4.78, 5) is 6.37. The van der Waals surface area contributed by atoms with Gasteiger partial charge in [0.2, 0.25) is 0 Å². The van der Waals surface area contributed by atoms with Gasteiger partial charge in [0.05, 0.1) is 17.6 Å². The van der Waals surface area contributed by atoms with Crippen LogP contribution in [0.4, 0.5) is 0 Å². The summed E-state index contributed by atoms with van der Waals surface area (Å²) in [5.41, 5.74) is 3.17. The second-order valence-corrected chi connectivity index (χ2v) is 13.1. The van der Waals surface area contributed by atoms with Crippen molar-refractivity contribution >= 4 is 41.9 Å². The van der Waals surface area contributed by atoms with Gasteiger partial charge in [0.25, 0.3) is 8.32 Å². The van der Waals surface area contributed by atoms with Crippen molar-refractivity contribution in [2.45, 2.75) is 32.4 Å². The molecule has 0 spiro atoms. The number of nitrogens with one attached hydrogen (secondary N) is 2. The van der Waals surface area contributed by atoms with E-state index < -0.39 is 8.32 Å². The number of rotatable bonds is 5. The summed E-state index contributed by atoms with van der Waals surface area (Å²) in [5, 5.41) is 2.55. The molecule has 0 aliphatic rings. The molecule has 1 aromatic heterocycles. The topological polar surface area (TPSA) is 40.8 Å². The van der Waals surface area contributed by atoms with E-state index in [4.69, 9.17) is 16.6 Å². The number of aromatic nitrogens is 2. The Morgan fingerprint density at radius 1 is 0.793 bits per heavy atom. The van der Waals surface area contributed by atoms with E-state index in [0.717, 1.165) is 16.6 Å². The van der Waals surface area contributed by atoms with E-state index in [0.29, 0.717) is 11.4 Å². The molecule has 0 bridgehead atoms. The maximum absolute atomic E-state index is 7.00. The molecular weight excluding hydrogens is 392 g/mol. The predicted molar refractivity (Wildman–Crippen MR) is 126 cm³/mol. The Hall–Kier alpha value is -2.47. The highest BCUT2D eigenvalue weighted by molar-refractivity contribution is 7.71. The van der Waals surface area contributed by atoms with E-state index in [1.165, 1.54) is 10.4 Å². The first-order chi connectivity index (χ1) is 13.9. The van der Waals surface area contributed by atoms with Gasteiger partial charge in [-0.3, -0.25) is 0 Å². The average Bonchev–Trinajstić information content (AvgIpc) is 3.08. The van der Waals surface area contributed by atoms with Crippen LogP contribution < -0.4 is 10.4 Å². The third-order valence-corrected chi connectivity index (χ3v) is 10.6. The Bertz CT molecular complexity index is 1120. The summed E-state index contributed by atoms with van der Waals surface area (Å²) in [6.07, 6.45) is 0. The van der Waals surface area contributed by atoms with E-state index in [2.05, 4.69) is 110 Å². The van der Waals surface area contributed by atoms with E-state index in [9.17, 15) is 0 Å². The second-order valence-electron chi connectivity index (χ2n) is 8.41. The molecule has 4 rings (SSSR count). The van der Waals surface area contributed by atoms with Crippen LogP contribution in [0.15, 0.2) is 78.9 Å². The molecule has 3 aromatic carbocycles. The van der Waals surface area contributed by atoms with Crippen molar-refractivity contribution in [1.82, 2.24) is 9.97 Å². The van der Waals surface area contributed by atoms with Crippen LogP contribution in [0.2, 0.25) is 5.04 Å². The Morgan fingerprint density at radius 2 is 1.34 bits per heavy atom. The van der Waals surface area contributed by atoms with Crippen LogP contribution in [0.3, 0.4) is 0 Å². The molecule has 0 unspecified atom stereocenters. The third kappa shape index (κ3) is 3.73. The van der Waals surface area contributed by atoms with Crippen LogP contribution >= 0.6 is 12.2 Å². The number of H-pyrrole nitrogens is 2. The minimum absolute atomic E-state index is 0.0339. The minimum Gasteiger partial charge on any atom is -0.403 e. The normalized spacial score (nSPS) is 12.4. The van der Waals surface area contributed by atoms with Crippen LogP contribution in [0.5, 0.6) is 0 Å². The molecule has 148 valence electrons. The Morgan fingerprint density at radius 3 is 1.90 bits per heavy atom. The van der Waals surface area contributed by atoms with Gasteiger partial charge in [-0.25, -0.2) is 0 Å². The highest BCUT2D eigenvalue weighted by Crippen LogP contribution is 2.37. The molecule has 0 atom stereocenters. The number of hydrogen-bond acceptors (Lipinski definition) is 2. The van der Waals surface area contributed by atoms with Gasteiger partial charge >= 0.3 is 0 Å². The molecule has 0 saturated heterocycles. The van der Waals surface area contributed by atoms with E-state index in [1.807, 2.05) is 0 Å². The molecule has 0 fully saturated rings. The van der Waals surface area contributed by atoms with Gasteiger partial charge in [-0.15, -0.1) is 0 Å². The summed E-state index contributed by atoms with van der Waals surface area (Å²) in [6, 6.07) is 27.8. The smallest absolute Gasteiger partial charge is 0.261 e. The summed E-state index contributed by atoms with van der Waals surface area (Å²) >= 11 is 5.22. The fraction of sp³-hybridized carbons (Fsp3) is 0.208. The standard InChI is InChI=1S/C24H26N2OSSi/c1-24(2,3)29(19-10-6-4-7-11-19,20-12-8-5-9-13-20)27-17-18-14-15-21-22(16-18)26-23(28)25-21/h4-16H,17H2,1-3H3,(H2,25,26,28). The van der Waals surface area contributed by atoms with Crippen molar-refractivity contribution in [2.24, 2.45) is 0 Å². The first kappa shape index (κ1) is 19.8. The number of imidazole rings is 1. The molecule has 0 aliphatic carbocycles. The lowest BCUT2D eigenvalue weighted by Crippen LogP contribution is -2.66. The summed E-state index contributed by atoms with van der Waals surface area (Å²) in [6.45, 7) is 7.44. The molecule has 0 saturated carbocycles. The molecule has 5 heteroatoms. The molecule has 4 aromatic rings. The lowest BCUT2D eigenvalue weighted by atomic mass is 10.2. The zero-order valence-electron chi connectivity index (χ0n) is 17.0. The zero-order valence-corrected chi connectivity index (χ0v) is 18.8. The maximum atomic E-state index is 7.00. The van der Waals surface area contributed by atoms with Gasteiger partial charge in [0, 0.05) is 0 Å². The number of hydrogen-bond donors (Lipinski definition) is 2. The van der Waals surface area contributed by atoms with Crippen molar-refractivity contribution in [1.29, 1.82) is 0 Å². The fourth-order valence-corrected chi connectivity index (χ4v) is 8.88. The van der Waals surface area contributed by atoms with Crippen LogP contribution in [0.1, 0.15) is 26.3 Å². The lowest BCUT2D eigenvalue weighted by molar-refractivity contribution is 0.286. The van der Waals surface area contributed by atoms with Crippen molar-refractivity contribution in [3.63, 3.8) is 0 Å². The minimum atomic E-state index is -2.53.